The van der Waals surface area contributed by atoms with Gasteiger partial charge in [-0.1, -0.05) is 36.8 Å². The number of aliphatic hydroxyl groups is 1. The number of carbonyl (C=O) groups excluding carboxylic acids is 2. The zero-order valence-corrected chi connectivity index (χ0v) is 19.2. The fourth-order valence-corrected chi connectivity index (χ4v) is 3.18. The van der Waals surface area contributed by atoms with Gasteiger partial charge in [-0.15, -0.1) is 0 Å². The largest absolute Gasteiger partial charge is 0.507 e. The Morgan fingerprint density at radius 2 is 1.59 bits per heavy atom. The topological polar surface area (TPSA) is 141 Å². The number of carboxylic acid groups (broad SMARTS) is 1. The fraction of sp³-hybridized carbons (Fsp3) is 0.269. The molecule has 1 unspecified atom stereocenters. The van der Waals surface area contributed by atoms with Crippen LogP contribution in [0.25, 0.3) is 0 Å². The van der Waals surface area contributed by atoms with E-state index in [2.05, 4.69) is 0 Å². The van der Waals surface area contributed by atoms with Crippen LogP contribution in [0.4, 0.5) is 0 Å². The summed E-state index contributed by atoms with van der Waals surface area (Å²) in [5, 5.41) is 38.2. The van der Waals surface area contributed by atoms with Crippen LogP contribution < -0.4 is 4.74 Å². The third-order valence-corrected chi connectivity index (χ3v) is 4.96. The highest BCUT2D eigenvalue weighted by Gasteiger charge is 2.33. The first-order valence-corrected chi connectivity index (χ1v) is 10.7. The molecule has 1 aliphatic carbocycles. The van der Waals surface area contributed by atoms with Crippen LogP contribution >= 0.6 is 0 Å². The summed E-state index contributed by atoms with van der Waals surface area (Å²) < 4.78 is 5.23. The molecule has 8 heteroatoms. The van der Waals surface area contributed by atoms with E-state index >= 15 is 0 Å². The number of hydrogen-bond donors (Lipinski definition) is 4. The lowest BCUT2D eigenvalue weighted by molar-refractivity contribution is -0.145. The summed E-state index contributed by atoms with van der Waals surface area (Å²) >= 11 is 0. The number of para-hydroxylation sites is 1. The lowest BCUT2D eigenvalue weighted by Gasteiger charge is -2.20. The van der Waals surface area contributed by atoms with Gasteiger partial charge in [-0.05, 0) is 57.0 Å². The van der Waals surface area contributed by atoms with Gasteiger partial charge in [-0.3, -0.25) is 9.59 Å². The molecule has 0 saturated heterocycles. The molecule has 0 bridgehead atoms. The molecule has 34 heavy (non-hydrogen) atoms. The van der Waals surface area contributed by atoms with E-state index in [4.69, 9.17) is 9.84 Å². The first kappa shape index (κ1) is 26.3. The second-order valence-corrected chi connectivity index (χ2v) is 7.85. The molecule has 0 saturated carbocycles. The summed E-state index contributed by atoms with van der Waals surface area (Å²) in [7, 11) is 0. The number of ether oxygens (including phenoxy) is 1. The van der Waals surface area contributed by atoms with Gasteiger partial charge in [0.2, 0.25) is 0 Å². The Kier molecular flexibility index (Phi) is 9.15. The van der Waals surface area contributed by atoms with Crippen LogP contribution in [0.15, 0.2) is 65.8 Å². The average Bonchev–Trinajstić information content (AvgIpc) is 2.80. The summed E-state index contributed by atoms with van der Waals surface area (Å²) in [6, 6.07) is 11.3. The summed E-state index contributed by atoms with van der Waals surface area (Å²) in [6.45, 7) is 5.49. The highest BCUT2D eigenvalue weighted by molar-refractivity contribution is 6.26. The van der Waals surface area contributed by atoms with Crippen molar-refractivity contribution in [3.63, 3.8) is 0 Å². The van der Waals surface area contributed by atoms with Gasteiger partial charge in [0.15, 0.2) is 17.7 Å². The first-order valence-electron chi connectivity index (χ1n) is 10.7. The molecular formula is C26H28O8. The third kappa shape index (κ3) is 6.55. The molecule has 3 rings (SSSR count). The van der Waals surface area contributed by atoms with E-state index in [9.17, 15) is 29.7 Å². The molecule has 0 heterocycles. The highest BCUT2D eigenvalue weighted by Crippen LogP contribution is 2.35. The Morgan fingerprint density at radius 1 is 1.00 bits per heavy atom. The summed E-state index contributed by atoms with van der Waals surface area (Å²) in [4.78, 5) is 35.0. The van der Waals surface area contributed by atoms with E-state index in [0.29, 0.717) is 12.2 Å². The molecule has 8 nitrogen and oxygen atoms in total. The molecule has 0 aliphatic heterocycles. The molecule has 180 valence electrons. The van der Waals surface area contributed by atoms with Gasteiger partial charge in [0.05, 0.1) is 17.2 Å². The first-order chi connectivity index (χ1) is 16.1. The van der Waals surface area contributed by atoms with Crippen molar-refractivity contribution in [1.29, 1.82) is 0 Å². The Balaban J connectivity index is 0.000000270. The standard InChI is InChI=1S/C16H16O5.C10H12O3/c1-8(2)3-4-10(17)9-7-13(20)14-11(18)5-6-12(19)15(14)16(9)21;1-2-9(10(11)12)13-8-6-4-3-5-7-8/h3,5-7,10,17-19H,4H2,1-2H3;3-7,9H,2H2,1H3,(H,11,12)/t10-;/m1./s1. The molecule has 0 spiro atoms. The van der Waals surface area contributed by atoms with Crippen molar-refractivity contribution in [2.24, 2.45) is 0 Å². The van der Waals surface area contributed by atoms with Crippen LogP contribution in [0.2, 0.25) is 0 Å². The van der Waals surface area contributed by atoms with E-state index in [1.807, 2.05) is 32.0 Å². The molecule has 2 aromatic rings. The highest BCUT2D eigenvalue weighted by atomic mass is 16.5. The maximum atomic E-state index is 12.3. The monoisotopic (exact) mass is 468 g/mol. The van der Waals surface area contributed by atoms with Crippen molar-refractivity contribution in [3.8, 4) is 17.2 Å². The number of hydrogen-bond acceptors (Lipinski definition) is 7. The number of benzene rings is 2. The van der Waals surface area contributed by atoms with Gasteiger partial charge in [-0.2, -0.15) is 0 Å². The van der Waals surface area contributed by atoms with E-state index < -0.39 is 29.7 Å². The number of fused-ring (bicyclic) bond motifs is 1. The van der Waals surface area contributed by atoms with Crippen LogP contribution in [-0.4, -0.2) is 50.2 Å². The Labute approximate surface area is 197 Å². The van der Waals surface area contributed by atoms with Crippen molar-refractivity contribution in [2.75, 3.05) is 0 Å². The molecule has 0 amide bonds. The number of allylic oxidation sites excluding steroid dienone is 2. The minimum atomic E-state index is -1.13. The lowest BCUT2D eigenvalue weighted by atomic mass is 9.85. The van der Waals surface area contributed by atoms with Gasteiger partial charge in [-0.25, -0.2) is 4.79 Å². The van der Waals surface area contributed by atoms with Crippen molar-refractivity contribution < 1.29 is 39.5 Å². The average molecular weight is 469 g/mol. The van der Waals surface area contributed by atoms with Crippen LogP contribution in [0.5, 0.6) is 17.2 Å². The molecular weight excluding hydrogens is 440 g/mol. The summed E-state index contributed by atoms with van der Waals surface area (Å²) in [6.07, 6.45) is 1.55. The number of carbonyl (C=O) groups is 3. The second-order valence-electron chi connectivity index (χ2n) is 7.85. The van der Waals surface area contributed by atoms with Gasteiger partial charge in [0.25, 0.3) is 0 Å². The Hall–Kier alpha value is -3.91. The molecule has 0 fully saturated rings. The summed E-state index contributed by atoms with van der Waals surface area (Å²) in [5.74, 6) is -2.34. The number of aliphatic carboxylic acids is 1. The van der Waals surface area contributed by atoms with Crippen molar-refractivity contribution >= 4 is 17.5 Å². The predicted octanol–water partition coefficient (Wildman–Crippen LogP) is 4.05. The molecule has 2 aromatic carbocycles. The van der Waals surface area contributed by atoms with Gasteiger partial charge >= 0.3 is 5.97 Å². The quantitative estimate of drug-likeness (QED) is 0.352. The molecule has 4 N–H and O–H groups in total. The van der Waals surface area contributed by atoms with Crippen molar-refractivity contribution in [2.45, 2.75) is 45.8 Å². The van der Waals surface area contributed by atoms with Crippen LogP contribution in [0.3, 0.4) is 0 Å². The van der Waals surface area contributed by atoms with E-state index in [1.165, 1.54) is 0 Å². The van der Waals surface area contributed by atoms with Crippen molar-refractivity contribution in [1.82, 2.24) is 0 Å². The normalized spacial score (nSPS) is 14.1. The minimum absolute atomic E-state index is 0.0779. The zero-order chi connectivity index (χ0) is 25.4. The van der Waals surface area contributed by atoms with Crippen molar-refractivity contribution in [3.05, 3.63) is 76.9 Å². The van der Waals surface area contributed by atoms with Gasteiger partial charge in [0, 0.05) is 5.57 Å². The SMILES string of the molecule is CC(C)=CC[C@@H](O)C1=CC(=O)c2c(O)ccc(O)c2C1=O.CCC(Oc1ccccc1)C(=O)O. The third-order valence-electron chi connectivity index (χ3n) is 4.96. The van der Waals surface area contributed by atoms with Crippen LogP contribution in [-0.2, 0) is 4.79 Å². The Bertz CT molecular complexity index is 1110. The smallest absolute Gasteiger partial charge is 0.344 e. The van der Waals surface area contributed by atoms with E-state index in [0.717, 1.165) is 23.8 Å². The number of ketones is 2. The molecule has 2 atom stereocenters. The number of carboxylic acids is 1. The number of phenolic OH excluding ortho intramolecular Hbond substituents is 2. The van der Waals surface area contributed by atoms with E-state index in [1.54, 1.807) is 25.1 Å². The second kappa shape index (κ2) is 11.8. The fourth-order valence-electron chi connectivity index (χ4n) is 3.18. The molecule has 0 radical (unpaired) electrons. The van der Waals surface area contributed by atoms with E-state index in [-0.39, 0.29) is 34.6 Å². The number of rotatable bonds is 7. The maximum absolute atomic E-state index is 12.3. The Morgan fingerprint density at radius 3 is 2.12 bits per heavy atom. The number of Topliss-reactive ketones (excluding diaryl/α,β-unsaturated/α-hetero) is 1. The summed E-state index contributed by atoms with van der Waals surface area (Å²) in [5.41, 5.74) is 0.419. The van der Waals surface area contributed by atoms with Crippen LogP contribution in [0.1, 0.15) is 54.3 Å². The lowest BCUT2D eigenvalue weighted by Crippen LogP contribution is -2.25. The van der Waals surface area contributed by atoms with Gasteiger partial charge < -0.3 is 25.2 Å². The number of phenols is 2. The predicted molar refractivity (Wildman–Crippen MR) is 125 cm³/mol. The van der Waals surface area contributed by atoms with Gasteiger partial charge in [0.1, 0.15) is 17.2 Å². The zero-order valence-electron chi connectivity index (χ0n) is 19.2. The maximum Gasteiger partial charge on any atom is 0.344 e. The number of aliphatic hydroxyl groups excluding tert-OH is 1. The molecule has 0 aromatic heterocycles. The minimum Gasteiger partial charge on any atom is -0.507 e. The number of aromatic hydroxyl groups is 2. The van der Waals surface area contributed by atoms with Crippen LogP contribution in [0, 0.1) is 0 Å². The molecule has 1 aliphatic rings.